The zero-order chi connectivity index (χ0) is 26.9. The second kappa shape index (κ2) is 12.8. The molecule has 38 heavy (non-hydrogen) atoms. The number of benzene rings is 2. The van der Waals surface area contributed by atoms with Gasteiger partial charge < -0.3 is 10.6 Å². The lowest BCUT2D eigenvalue weighted by atomic mass is 9.94. The fourth-order valence-electron chi connectivity index (χ4n) is 4.50. The highest BCUT2D eigenvalue weighted by Crippen LogP contribution is 2.25. The number of allylic oxidation sites excluding steroid dienone is 3. The first-order valence-corrected chi connectivity index (χ1v) is 13.0. The number of aryl methyl sites for hydroxylation is 1. The molecule has 2 aromatic carbocycles. The Kier molecular flexibility index (Phi) is 8.98. The van der Waals surface area contributed by atoms with E-state index in [2.05, 4.69) is 10.6 Å². The summed E-state index contributed by atoms with van der Waals surface area (Å²) < 4.78 is 1.37. The lowest BCUT2D eigenvalue weighted by Gasteiger charge is -2.26. The molecule has 0 saturated carbocycles. The minimum absolute atomic E-state index is 0.0796. The van der Waals surface area contributed by atoms with Crippen molar-refractivity contribution in [2.24, 2.45) is 5.92 Å². The van der Waals surface area contributed by atoms with Crippen LogP contribution in [-0.4, -0.2) is 53.7 Å². The first kappa shape index (κ1) is 26.7. The third kappa shape index (κ3) is 6.51. The van der Waals surface area contributed by atoms with Crippen LogP contribution in [0.3, 0.4) is 0 Å². The molecule has 4 rings (SSSR count). The third-order valence-electron chi connectivity index (χ3n) is 6.46. The average Bonchev–Trinajstić information content (AvgIpc) is 2.94. The van der Waals surface area contributed by atoms with Crippen molar-refractivity contribution in [1.82, 2.24) is 10.6 Å². The number of urea groups is 1. The molecule has 0 bridgehead atoms. The SMILES string of the molecule is CCCNC(=O)Cc1ccc(N2C(=O)C3C=CC=CC3=[N+](CC(=O)NCCCc3ccccc3)C2=O)cc1. The number of nitrogens with zero attached hydrogens (tertiary/aromatic N) is 2. The maximum Gasteiger partial charge on any atom is 0.506 e. The Morgan fingerprint density at radius 1 is 0.895 bits per heavy atom. The Balaban J connectivity index is 1.44. The first-order valence-electron chi connectivity index (χ1n) is 13.0. The summed E-state index contributed by atoms with van der Waals surface area (Å²) in [6.07, 6.45) is 9.65. The molecule has 196 valence electrons. The monoisotopic (exact) mass is 513 g/mol. The van der Waals surface area contributed by atoms with E-state index in [0.29, 0.717) is 24.5 Å². The molecule has 8 nitrogen and oxygen atoms in total. The van der Waals surface area contributed by atoms with E-state index in [1.165, 1.54) is 10.1 Å². The van der Waals surface area contributed by atoms with Crippen molar-refractivity contribution in [3.63, 3.8) is 0 Å². The van der Waals surface area contributed by atoms with Crippen LogP contribution in [0.4, 0.5) is 10.5 Å². The number of hydrogen-bond acceptors (Lipinski definition) is 4. The van der Waals surface area contributed by atoms with Gasteiger partial charge in [-0.1, -0.05) is 67.6 Å². The quantitative estimate of drug-likeness (QED) is 0.356. The van der Waals surface area contributed by atoms with Gasteiger partial charge in [-0.3, -0.25) is 9.59 Å². The van der Waals surface area contributed by atoms with E-state index >= 15 is 0 Å². The molecule has 1 aliphatic heterocycles. The number of amides is 5. The van der Waals surface area contributed by atoms with Gasteiger partial charge in [-0.2, -0.15) is 9.37 Å². The minimum atomic E-state index is -0.664. The number of nitrogens with one attached hydrogen (secondary N) is 2. The molecule has 0 aromatic heterocycles. The Hall–Kier alpha value is -4.33. The summed E-state index contributed by atoms with van der Waals surface area (Å²) in [7, 11) is 0. The number of carbonyl (C=O) groups excluding carboxylic acids is 4. The molecule has 5 amide bonds. The number of rotatable bonds is 11. The van der Waals surface area contributed by atoms with Gasteiger partial charge in [0.15, 0.2) is 6.54 Å². The van der Waals surface area contributed by atoms with E-state index in [0.717, 1.165) is 29.7 Å². The molecule has 0 fully saturated rings. The number of fused-ring (bicyclic) bond motifs is 1. The standard InChI is InChI=1S/C30H32N4O4/c1-2-18-31-27(35)20-23-14-16-24(17-15-23)34-29(37)25-12-6-7-13-26(25)33(30(34)38)21-28(36)32-19-8-11-22-9-4-3-5-10-22/h3-7,9-10,12-17,25H,2,8,11,18-21H2,1H3,(H-,31,32,35,36)/p+1. The topological polar surface area (TPSA) is 98.6 Å². The zero-order valence-corrected chi connectivity index (χ0v) is 21.6. The van der Waals surface area contributed by atoms with Gasteiger partial charge in [0, 0.05) is 13.1 Å². The zero-order valence-electron chi connectivity index (χ0n) is 21.6. The van der Waals surface area contributed by atoms with E-state index in [1.54, 1.807) is 48.6 Å². The van der Waals surface area contributed by atoms with Crippen molar-refractivity contribution in [1.29, 1.82) is 0 Å². The maximum absolute atomic E-state index is 13.5. The van der Waals surface area contributed by atoms with Crippen molar-refractivity contribution >= 4 is 35.2 Å². The van der Waals surface area contributed by atoms with Crippen LogP contribution >= 0.6 is 0 Å². The maximum atomic E-state index is 13.5. The van der Waals surface area contributed by atoms with Crippen molar-refractivity contribution in [3.05, 3.63) is 90.0 Å². The van der Waals surface area contributed by atoms with Crippen molar-refractivity contribution in [2.75, 3.05) is 24.5 Å². The van der Waals surface area contributed by atoms with Crippen LogP contribution in [0.25, 0.3) is 0 Å². The summed E-state index contributed by atoms with van der Waals surface area (Å²) in [5.41, 5.74) is 2.86. The highest BCUT2D eigenvalue weighted by molar-refractivity contribution is 6.26. The Morgan fingerprint density at radius 3 is 2.37 bits per heavy atom. The van der Waals surface area contributed by atoms with Crippen molar-refractivity contribution in [2.45, 2.75) is 32.6 Å². The van der Waals surface area contributed by atoms with Crippen LogP contribution in [0.5, 0.6) is 0 Å². The fourth-order valence-corrected chi connectivity index (χ4v) is 4.50. The highest BCUT2D eigenvalue weighted by atomic mass is 16.2. The molecule has 2 aromatic rings. The number of anilines is 1. The van der Waals surface area contributed by atoms with Crippen LogP contribution in [0.15, 0.2) is 78.9 Å². The molecule has 1 unspecified atom stereocenters. The molecule has 2 N–H and O–H groups in total. The number of imide groups is 1. The first-order chi connectivity index (χ1) is 18.5. The van der Waals surface area contributed by atoms with Crippen LogP contribution in [-0.2, 0) is 27.2 Å². The second-order valence-corrected chi connectivity index (χ2v) is 9.32. The molecule has 1 heterocycles. The Labute approximate surface area is 222 Å². The molecule has 0 spiro atoms. The summed E-state index contributed by atoms with van der Waals surface area (Å²) >= 11 is 0. The average molecular weight is 514 g/mol. The van der Waals surface area contributed by atoms with Crippen LogP contribution in [0, 0.1) is 5.92 Å². The lowest BCUT2D eigenvalue weighted by Crippen LogP contribution is -2.56. The fraction of sp³-hybridized carbons (Fsp3) is 0.300. The Morgan fingerprint density at radius 2 is 1.63 bits per heavy atom. The third-order valence-corrected chi connectivity index (χ3v) is 6.46. The largest absolute Gasteiger partial charge is 0.506 e. The molecular formula is C30H33N4O4+. The molecule has 0 saturated heterocycles. The lowest BCUT2D eigenvalue weighted by molar-refractivity contribution is -0.417. The smallest absolute Gasteiger partial charge is 0.356 e. The van der Waals surface area contributed by atoms with E-state index in [1.807, 2.05) is 37.3 Å². The van der Waals surface area contributed by atoms with Gasteiger partial charge in [-0.25, -0.2) is 4.79 Å². The second-order valence-electron chi connectivity index (χ2n) is 9.32. The van der Waals surface area contributed by atoms with E-state index in [-0.39, 0.29) is 30.7 Å². The van der Waals surface area contributed by atoms with Crippen LogP contribution < -0.4 is 15.5 Å². The minimum Gasteiger partial charge on any atom is -0.356 e. The van der Waals surface area contributed by atoms with Crippen LogP contribution in [0.2, 0.25) is 0 Å². The van der Waals surface area contributed by atoms with Gasteiger partial charge in [0.25, 0.3) is 5.91 Å². The summed E-state index contributed by atoms with van der Waals surface area (Å²) in [4.78, 5) is 52.8. The van der Waals surface area contributed by atoms with Gasteiger partial charge >= 0.3 is 11.9 Å². The van der Waals surface area contributed by atoms with Gasteiger partial charge in [-0.15, -0.1) is 4.90 Å². The molecule has 1 aliphatic carbocycles. The summed E-state index contributed by atoms with van der Waals surface area (Å²) in [6.45, 7) is 2.90. The summed E-state index contributed by atoms with van der Waals surface area (Å²) in [5, 5.41) is 5.73. The van der Waals surface area contributed by atoms with Crippen molar-refractivity contribution in [3.8, 4) is 0 Å². The predicted octanol–water partition coefficient (Wildman–Crippen LogP) is 3.17. The van der Waals surface area contributed by atoms with Crippen LogP contribution in [0.1, 0.15) is 30.9 Å². The Bertz CT molecular complexity index is 1280. The molecule has 1 atom stereocenters. The number of carbonyl (C=O) groups is 4. The number of hydrogen-bond donors (Lipinski definition) is 2. The predicted molar refractivity (Wildman–Crippen MR) is 146 cm³/mol. The normalized spacial score (nSPS) is 16.4. The molecule has 2 aliphatic rings. The van der Waals surface area contributed by atoms with E-state index in [9.17, 15) is 19.2 Å². The molecule has 8 heteroatoms. The molecular weight excluding hydrogens is 480 g/mol. The van der Waals surface area contributed by atoms with E-state index in [4.69, 9.17) is 0 Å². The van der Waals surface area contributed by atoms with Gasteiger partial charge in [-0.05, 0) is 48.6 Å². The van der Waals surface area contributed by atoms with Gasteiger partial charge in [0.1, 0.15) is 17.3 Å². The van der Waals surface area contributed by atoms with Gasteiger partial charge in [0.2, 0.25) is 5.91 Å². The van der Waals surface area contributed by atoms with E-state index < -0.39 is 11.9 Å². The van der Waals surface area contributed by atoms with Gasteiger partial charge in [0.05, 0.1) is 6.42 Å². The highest BCUT2D eigenvalue weighted by Gasteiger charge is 2.48. The summed E-state index contributed by atoms with van der Waals surface area (Å²) in [5.74, 6) is -1.41. The van der Waals surface area contributed by atoms with Crippen molar-refractivity contribution < 1.29 is 23.8 Å². The molecule has 0 radical (unpaired) electrons. The summed E-state index contributed by atoms with van der Waals surface area (Å²) in [6, 6.07) is 16.3.